The molecule has 254 valence electrons. The number of piperazine rings is 1. The number of benzene rings is 2. The molecule has 0 spiro atoms. The van der Waals surface area contributed by atoms with Crippen molar-refractivity contribution < 1.29 is 14.3 Å². The van der Waals surface area contributed by atoms with Gasteiger partial charge in [-0.3, -0.25) is 9.69 Å². The van der Waals surface area contributed by atoms with Gasteiger partial charge in [0.25, 0.3) is 5.91 Å². The van der Waals surface area contributed by atoms with E-state index in [1.54, 1.807) is 0 Å². The molecule has 1 N–H and O–H groups in total. The van der Waals surface area contributed by atoms with Gasteiger partial charge in [0.15, 0.2) is 0 Å². The van der Waals surface area contributed by atoms with Gasteiger partial charge in [-0.2, -0.15) is 0 Å². The van der Waals surface area contributed by atoms with E-state index in [-0.39, 0.29) is 36.2 Å². The Hall–Kier alpha value is -4.31. The molecule has 10 nitrogen and oxygen atoms in total. The van der Waals surface area contributed by atoms with Crippen LogP contribution in [0.5, 0.6) is 0 Å². The maximum Gasteiger partial charge on any atom is 0.410 e. The number of fused-ring (bicyclic) bond motifs is 1. The third-order valence-corrected chi connectivity index (χ3v) is 9.68. The Bertz CT molecular complexity index is 1770. The highest BCUT2D eigenvalue weighted by Gasteiger charge is 2.34. The lowest BCUT2D eigenvalue weighted by Crippen LogP contribution is -2.58. The number of aryl methyl sites for hydroxylation is 2. The van der Waals surface area contributed by atoms with Crippen LogP contribution in [0.2, 0.25) is 0 Å². The molecule has 1 saturated carbocycles. The normalized spacial score (nSPS) is 22.1. The van der Waals surface area contributed by atoms with Crippen LogP contribution < -0.4 is 5.32 Å². The van der Waals surface area contributed by atoms with Crippen LogP contribution in [0.15, 0.2) is 54.7 Å². The molecule has 2 amide bonds. The van der Waals surface area contributed by atoms with Crippen LogP contribution in [0.25, 0.3) is 22.2 Å². The number of aromatic nitrogens is 4. The molecule has 2 aliphatic rings. The van der Waals surface area contributed by atoms with Gasteiger partial charge in [-0.25, -0.2) is 14.5 Å². The van der Waals surface area contributed by atoms with Crippen molar-refractivity contribution >= 4 is 22.9 Å². The smallest absolute Gasteiger partial charge is 0.410 e. The highest BCUT2D eigenvalue weighted by Crippen LogP contribution is 2.31. The maximum atomic E-state index is 13.8. The highest BCUT2D eigenvalue weighted by molar-refractivity contribution is 6.07. The Morgan fingerprint density at radius 3 is 2.35 bits per heavy atom. The van der Waals surface area contributed by atoms with Gasteiger partial charge in [-0.15, -0.1) is 5.10 Å². The molecular weight excluding hydrogens is 602 g/mol. The van der Waals surface area contributed by atoms with Crippen molar-refractivity contribution in [2.24, 2.45) is 0 Å². The molecule has 4 aromatic rings. The number of hydrogen-bond donors (Lipinski definition) is 1. The molecule has 1 aliphatic heterocycles. The summed E-state index contributed by atoms with van der Waals surface area (Å²) in [5.41, 5.74) is 6.10. The van der Waals surface area contributed by atoms with E-state index < -0.39 is 5.60 Å². The Morgan fingerprint density at radius 1 is 0.958 bits per heavy atom. The maximum absolute atomic E-state index is 13.8. The molecule has 6 rings (SSSR count). The third kappa shape index (κ3) is 7.54. The molecule has 0 radical (unpaired) electrons. The summed E-state index contributed by atoms with van der Waals surface area (Å²) in [6.07, 6.45) is 5.40. The van der Waals surface area contributed by atoms with Crippen LogP contribution in [0, 0.1) is 13.8 Å². The van der Waals surface area contributed by atoms with Gasteiger partial charge < -0.3 is 15.0 Å². The van der Waals surface area contributed by atoms with Gasteiger partial charge in [0.1, 0.15) is 5.60 Å². The number of amides is 2. The molecule has 48 heavy (non-hydrogen) atoms. The minimum absolute atomic E-state index is 0.0545. The molecule has 2 atom stereocenters. The zero-order valence-corrected chi connectivity index (χ0v) is 29.4. The van der Waals surface area contributed by atoms with Crippen LogP contribution in [-0.2, 0) is 11.3 Å². The second-order valence-electron chi connectivity index (χ2n) is 14.8. The predicted molar refractivity (Wildman–Crippen MR) is 188 cm³/mol. The van der Waals surface area contributed by atoms with E-state index in [2.05, 4.69) is 72.6 Å². The van der Waals surface area contributed by atoms with E-state index >= 15 is 0 Å². The minimum atomic E-state index is -0.510. The number of rotatable bonds is 6. The minimum Gasteiger partial charge on any atom is -0.444 e. The van der Waals surface area contributed by atoms with Crippen LogP contribution >= 0.6 is 0 Å². The van der Waals surface area contributed by atoms with Crippen molar-refractivity contribution in [2.75, 3.05) is 13.1 Å². The van der Waals surface area contributed by atoms with Gasteiger partial charge in [-0.05, 0) is 91.8 Å². The summed E-state index contributed by atoms with van der Waals surface area (Å²) >= 11 is 0. The predicted octanol–water partition coefficient (Wildman–Crippen LogP) is 6.85. The fourth-order valence-electron chi connectivity index (χ4n) is 7.25. The summed E-state index contributed by atoms with van der Waals surface area (Å²) in [7, 11) is 0. The summed E-state index contributed by atoms with van der Waals surface area (Å²) < 4.78 is 7.62. The molecule has 10 heteroatoms. The summed E-state index contributed by atoms with van der Waals surface area (Å²) in [6, 6.07) is 16.8. The molecule has 1 saturated heterocycles. The third-order valence-electron chi connectivity index (χ3n) is 9.68. The molecule has 0 unspecified atom stereocenters. The van der Waals surface area contributed by atoms with Crippen molar-refractivity contribution in [3.63, 3.8) is 0 Å². The number of pyridine rings is 1. The van der Waals surface area contributed by atoms with Gasteiger partial charge >= 0.3 is 6.09 Å². The number of nitrogens with zero attached hydrogens (tertiary/aromatic N) is 6. The monoisotopic (exact) mass is 651 g/mol. The first kappa shape index (κ1) is 33.6. The molecule has 0 bridgehead atoms. The van der Waals surface area contributed by atoms with E-state index in [1.165, 1.54) is 5.56 Å². The van der Waals surface area contributed by atoms with Gasteiger partial charge in [0, 0.05) is 48.7 Å². The van der Waals surface area contributed by atoms with Crippen LogP contribution in [0.1, 0.15) is 93.5 Å². The standard InChI is InChI=1S/C38H49N7O3/c1-24-12-17-31(25(2)18-24)35-19-33(32-10-8-9-11-34(32)40-35)36(46)39-28-13-15-30(16-14-28)45-23-29(41-42-45)22-44-26(3)20-43(21-27(44)4)37(47)48-38(5,6)7/h8-12,17-19,23,26-28,30H,13-16,20-22H2,1-7H3,(H,39,46)/t26-,27+,28?,30?. The fourth-order valence-corrected chi connectivity index (χ4v) is 7.25. The molecule has 2 aromatic carbocycles. The second-order valence-corrected chi connectivity index (χ2v) is 14.8. The number of carbonyl (C=O) groups is 2. The summed E-state index contributed by atoms with van der Waals surface area (Å²) in [5, 5.41) is 13.2. The lowest BCUT2D eigenvalue weighted by molar-refractivity contribution is -0.00997. The Labute approximate surface area is 283 Å². The molecule has 1 aliphatic carbocycles. The van der Waals surface area contributed by atoms with Gasteiger partial charge in [-0.1, -0.05) is 47.2 Å². The first-order chi connectivity index (χ1) is 22.8. The SMILES string of the molecule is Cc1ccc(-c2cc(C(=O)NC3CCC(n4cc(CN5[C@H](C)CN(C(=O)OC(C)(C)C)C[C@@H]5C)nn4)CC3)c3ccccc3n2)c(C)c1. The number of para-hydroxylation sites is 1. The molecular formula is C38H49N7O3. The zero-order valence-electron chi connectivity index (χ0n) is 29.4. The van der Waals surface area contributed by atoms with Crippen LogP contribution in [0.4, 0.5) is 4.79 Å². The first-order valence-corrected chi connectivity index (χ1v) is 17.3. The van der Waals surface area contributed by atoms with Crippen molar-refractivity contribution in [2.45, 2.75) is 110 Å². The Kier molecular flexibility index (Phi) is 9.56. The Morgan fingerprint density at radius 2 is 1.67 bits per heavy atom. The number of hydrogen-bond acceptors (Lipinski definition) is 7. The van der Waals surface area contributed by atoms with E-state index in [9.17, 15) is 9.59 Å². The van der Waals surface area contributed by atoms with Crippen molar-refractivity contribution in [3.8, 4) is 11.3 Å². The number of carbonyl (C=O) groups excluding carboxylic acids is 2. The first-order valence-electron chi connectivity index (χ1n) is 17.3. The molecule has 2 aromatic heterocycles. The van der Waals surface area contributed by atoms with E-state index in [0.717, 1.165) is 59.1 Å². The Balaban J connectivity index is 1.06. The number of nitrogens with one attached hydrogen (secondary N) is 1. The van der Waals surface area contributed by atoms with E-state index in [1.807, 2.05) is 60.7 Å². The van der Waals surface area contributed by atoms with Gasteiger partial charge in [0.2, 0.25) is 0 Å². The quantitative estimate of drug-likeness (QED) is 0.243. The van der Waals surface area contributed by atoms with Crippen molar-refractivity contribution in [1.29, 1.82) is 0 Å². The number of ether oxygens (including phenoxy) is 1. The zero-order chi connectivity index (χ0) is 34.2. The largest absolute Gasteiger partial charge is 0.444 e. The average molecular weight is 652 g/mol. The topological polar surface area (TPSA) is 105 Å². The summed E-state index contributed by atoms with van der Waals surface area (Å²) in [4.78, 5) is 35.6. The van der Waals surface area contributed by atoms with Gasteiger partial charge in [0.05, 0.1) is 34.7 Å². The van der Waals surface area contributed by atoms with Crippen LogP contribution in [0.3, 0.4) is 0 Å². The lowest BCUT2D eigenvalue weighted by Gasteiger charge is -2.44. The fraction of sp³-hybridized carbons (Fsp3) is 0.500. The summed E-state index contributed by atoms with van der Waals surface area (Å²) in [5.74, 6) is -0.0545. The molecule has 3 heterocycles. The van der Waals surface area contributed by atoms with E-state index in [0.29, 0.717) is 25.2 Å². The second kappa shape index (κ2) is 13.7. The van der Waals surface area contributed by atoms with E-state index in [4.69, 9.17) is 9.72 Å². The van der Waals surface area contributed by atoms with Crippen molar-refractivity contribution in [3.05, 3.63) is 77.1 Å². The van der Waals surface area contributed by atoms with Crippen LogP contribution in [-0.4, -0.2) is 78.6 Å². The average Bonchev–Trinajstić information content (AvgIpc) is 3.50. The summed E-state index contributed by atoms with van der Waals surface area (Å²) in [6.45, 7) is 16.1. The lowest BCUT2D eigenvalue weighted by atomic mass is 9.91. The highest BCUT2D eigenvalue weighted by atomic mass is 16.6. The molecule has 2 fully saturated rings. The van der Waals surface area contributed by atoms with Crippen molar-refractivity contribution in [1.82, 2.24) is 35.1 Å².